The summed E-state index contributed by atoms with van der Waals surface area (Å²) in [7, 11) is 1.97. The van der Waals surface area contributed by atoms with Crippen LogP contribution in [-0.4, -0.2) is 36.8 Å². The quantitative estimate of drug-likeness (QED) is 0.452. The number of para-hydroxylation sites is 1. The summed E-state index contributed by atoms with van der Waals surface area (Å²) in [4.78, 5) is 22.6. The maximum atomic E-state index is 9.80. The maximum Gasteiger partial charge on any atom is 0.414 e. The smallest absolute Gasteiger partial charge is 0.414 e. The molecule has 8 nitrogen and oxygen atoms in total. The molecule has 0 fully saturated rings. The molecule has 1 heterocycles. The Bertz CT molecular complexity index is 975. The van der Waals surface area contributed by atoms with Crippen LogP contribution in [0.15, 0.2) is 59.2 Å². The van der Waals surface area contributed by atoms with Crippen molar-refractivity contribution in [1.82, 2.24) is 9.55 Å². The minimum atomic E-state index is -1.82. The van der Waals surface area contributed by atoms with Crippen LogP contribution in [0, 0.1) is 0 Å². The Labute approximate surface area is 169 Å². The van der Waals surface area contributed by atoms with Crippen LogP contribution in [0.4, 0.5) is 5.95 Å². The summed E-state index contributed by atoms with van der Waals surface area (Å²) in [6.45, 7) is 0.523. The Balaban J connectivity index is 0.000000409. The van der Waals surface area contributed by atoms with E-state index in [1.807, 2.05) is 48.1 Å². The van der Waals surface area contributed by atoms with Gasteiger partial charge >= 0.3 is 11.9 Å². The van der Waals surface area contributed by atoms with E-state index in [0.29, 0.717) is 6.54 Å². The van der Waals surface area contributed by atoms with E-state index in [9.17, 15) is 5.11 Å². The van der Waals surface area contributed by atoms with Crippen LogP contribution >= 0.6 is 15.9 Å². The highest BCUT2D eigenvalue weighted by Crippen LogP contribution is 2.25. The van der Waals surface area contributed by atoms with Gasteiger partial charge in [0, 0.05) is 29.2 Å². The highest BCUT2D eigenvalue weighted by Gasteiger charge is 2.09. The highest BCUT2D eigenvalue weighted by atomic mass is 79.9. The summed E-state index contributed by atoms with van der Waals surface area (Å²) in [5.74, 6) is -2.60. The normalized spacial score (nSPS) is 9.93. The molecule has 0 radical (unpaired) electrons. The molecular formula is C19H18BrN3O5. The average Bonchev–Trinajstić information content (AvgIpc) is 3.02. The van der Waals surface area contributed by atoms with Crippen molar-refractivity contribution in [3.8, 4) is 17.0 Å². The van der Waals surface area contributed by atoms with Gasteiger partial charge in [0.2, 0.25) is 5.95 Å². The molecular weight excluding hydrogens is 430 g/mol. The van der Waals surface area contributed by atoms with Gasteiger partial charge in [-0.15, -0.1) is 0 Å². The fourth-order valence-corrected chi connectivity index (χ4v) is 2.72. The molecule has 3 aromatic rings. The number of halogens is 1. The van der Waals surface area contributed by atoms with Crippen LogP contribution < -0.4 is 5.32 Å². The van der Waals surface area contributed by atoms with Crippen LogP contribution in [0.2, 0.25) is 0 Å². The molecule has 0 saturated carbocycles. The lowest BCUT2D eigenvalue weighted by atomic mass is 10.2. The van der Waals surface area contributed by atoms with Crippen molar-refractivity contribution in [3.05, 3.63) is 64.8 Å². The van der Waals surface area contributed by atoms with Crippen LogP contribution in [0.5, 0.6) is 5.75 Å². The van der Waals surface area contributed by atoms with E-state index < -0.39 is 11.9 Å². The van der Waals surface area contributed by atoms with E-state index in [-0.39, 0.29) is 5.75 Å². The summed E-state index contributed by atoms with van der Waals surface area (Å²) >= 11 is 3.49. The number of rotatable bonds is 4. The lowest BCUT2D eigenvalue weighted by Crippen LogP contribution is -2.09. The van der Waals surface area contributed by atoms with E-state index >= 15 is 0 Å². The molecule has 0 atom stereocenters. The number of aromatic nitrogens is 2. The predicted molar refractivity (Wildman–Crippen MR) is 107 cm³/mol. The molecule has 0 saturated heterocycles. The third kappa shape index (κ3) is 5.58. The monoisotopic (exact) mass is 447 g/mol. The number of imidazole rings is 1. The van der Waals surface area contributed by atoms with Crippen LogP contribution in [0.3, 0.4) is 0 Å². The molecule has 4 N–H and O–H groups in total. The molecule has 0 amide bonds. The van der Waals surface area contributed by atoms with E-state index in [4.69, 9.17) is 19.8 Å². The molecule has 3 rings (SSSR count). The van der Waals surface area contributed by atoms with Crippen molar-refractivity contribution >= 4 is 33.8 Å². The second kappa shape index (κ2) is 9.56. The Morgan fingerprint density at radius 1 is 1.11 bits per heavy atom. The summed E-state index contributed by atoms with van der Waals surface area (Å²) in [5.41, 5.74) is 2.97. The fourth-order valence-electron chi connectivity index (χ4n) is 2.32. The standard InChI is InChI=1S/C17H16BrN3O.C2H2O4/c1-21-15(12-6-4-7-14(18)9-12)11-20-17(21)19-10-13-5-2-3-8-16(13)22;3-1(4)2(5)6/h2-9,11,22H,10H2,1H3,(H,19,20);(H,3,4)(H,5,6). The molecule has 1 aromatic heterocycles. The topological polar surface area (TPSA) is 125 Å². The van der Waals surface area contributed by atoms with Gasteiger partial charge in [-0.2, -0.15) is 0 Å². The van der Waals surface area contributed by atoms with Crippen LogP contribution in [0.1, 0.15) is 5.56 Å². The van der Waals surface area contributed by atoms with Gasteiger partial charge in [-0.3, -0.25) is 0 Å². The number of benzene rings is 2. The van der Waals surface area contributed by atoms with Crippen LogP contribution in [0.25, 0.3) is 11.3 Å². The van der Waals surface area contributed by atoms with Crippen LogP contribution in [-0.2, 0) is 23.2 Å². The number of hydrogen-bond acceptors (Lipinski definition) is 5. The van der Waals surface area contributed by atoms with Gasteiger partial charge < -0.3 is 25.2 Å². The molecule has 0 unspecified atom stereocenters. The molecule has 0 spiro atoms. The number of carbonyl (C=O) groups is 2. The molecule has 0 aliphatic carbocycles. The summed E-state index contributed by atoms with van der Waals surface area (Å²) in [6, 6.07) is 15.4. The summed E-state index contributed by atoms with van der Waals surface area (Å²) < 4.78 is 3.04. The first-order chi connectivity index (χ1) is 13.3. The molecule has 0 aliphatic heterocycles. The van der Waals surface area contributed by atoms with Gasteiger partial charge in [0.1, 0.15) is 5.75 Å². The SMILES string of the molecule is Cn1c(-c2cccc(Br)c2)cnc1NCc1ccccc1O.O=C(O)C(=O)O. The highest BCUT2D eigenvalue weighted by molar-refractivity contribution is 9.10. The zero-order valence-electron chi connectivity index (χ0n) is 14.8. The van der Waals surface area contributed by atoms with Gasteiger partial charge in [0.25, 0.3) is 0 Å². The first kappa shape index (κ1) is 21.0. The number of phenolic OH excluding ortho intramolecular Hbond substituents is 1. The lowest BCUT2D eigenvalue weighted by Gasteiger charge is -2.09. The number of nitrogens with one attached hydrogen (secondary N) is 1. The number of anilines is 1. The van der Waals surface area contributed by atoms with Gasteiger partial charge in [0.15, 0.2) is 0 Å². The molecule has 146 valence electrons. The average molecular weight is 448 g/mol. The molecule has 28 heavy (non-hydrogen) atoms. The Hall–Kier alpha value is -3.33. The van der Waals surface area contributed by atoms with Crippen molar-refractivity contribution in [2.24, 2.45) is 7.05 Å². The number of aromatic hydroxyl groups is 1. The van der Waals surface area contributed by atoms with Gasteiger partial charge in [0.05, 0.1) is 11.9 Å². The first-order valence-electron chi connectivity index (χ1n) is 8.04. The Morgan fingerprint density at radius 2 is 1.79 bits per heavy atom. The third-order valence-electron chi connectivity index (χ3n) is 3.72. The van der Waals surface area contributed by atoms with E-state index in [1.54, 1.807) is 6.07 Å². The lowest BCUT2D eigenvalue weighted by molar-refractivity contribution is -0.159. The fraction of sp³-hybridized carbons (Fsp3) is 0.105. The zero-order valence-corrected chi connectivity index (χ0v) is 16.4. The van der Waals surface area contributed by atoms with Crippen molar-refractivity contribution in [3.63, 3.8) is 0 Å². The van der Waals surface area contributed by atoms with Crippen molar-refractivity contribution in [2.45, 2.75) is 6.54 Å². The number of aliphatic carboxylic acids is 2. The van der Waals surface area contributed by atoms with Gasteiger partial charge in [-0.25, -0.2) is 14.6 Å². The first-order valence-corrected chi connectivity index (χ1v) is 8.83. The van der Waals surface area contributed by atoms with E-state index in [1.165, 1.54) is 0 Å². The number of carboxylic acids is 2. The zero-order chi connectivity index (χ0) is 20.7. The Kier molecular flexibility index (Phi) is 7.16. The molecule has 2 aromatic carbocycles. The van der Waals surface area contributed by atoms with Crippen molar-refractivity contribution < 1.29 is 24.9 Å². The van der Waals surface area contributed by atoms with E-state index in [0.717, 1.165) is 27.2 Å². The minimum Gasteiger partial charge on any atom is -0.508 e. The van der Waals surface area contributed by atoms with E-state index in [2.05, 4.69) is 38.4 Å². The maximum absolute atomic E-state index is 9.80. The second-order valence-corrected chi connectivity index (χ2v) is 6.54. The molecule has 0 aliphatic rings. The van der Waals surface area contributed by atoms with Crippen molar-refractivity contribution in [1.29, 1.82) is 0 Å². The number of carboxylic acid groups (broad SMARTS) is 2. The van der Waals surface area contributed by atoms with Gasteiger partial charge in [-0.05, 0) is 18.2 Å². The predicted octanol–water partition coefficient (Wildman–Crippen LogP) is 3.32. The summed E-state index contributed by atoms with van der Waals surface area (Å²) in [5, 5.41) is 27.8. The number of hydrogen-bond donors (Lipinski definition) is 4. The minimum absolute atomic E-state index is 0.288. The molecule has 9 heteroatoms. The molecule has 0 bridgehead atoms. The van der Waals surface area contributed by atoms with Crippen molar-refractivity contribution in [2.75, 3.05) is 5.32 Å². The Morgan fingerprint density at radius 3 is 2.39 bits per heavy atom. The largest absolute Gasteiger partial charge is 0.508 e. The van der Waals surface area contributed by atoms with Gasteiger partial charge in [-0.1, -0.05) is 46.3 Å². The third-order valence-corrected chi connectivity index (χ3v) is 4.21. The second-order valence-electron chi connectivity index (χ2n) is 5.63. The number of phenols is 1. The number of nitrogens with zero attached hydrogens (tertiary/aromatic N) is 2. The summed E-state index contributed by atoms with van der Waals surface area (Å²) in [6.07, 6.45) is 1.84.